The van der Waals surface area contributed by atoms with E-state index in [1.165, 1.54) is 0 Å². The maximum Gasteiger partial charge on any atom is 0.0860 e. The number of aryl methyl sites for hydroxylation is 2. The highest BCUT2D eigenvalue weighted by molar-refractivity contribution is 6.31. The van der Waals surface area contributed by atoms with Crippen LogP contribution in [0.4, 0.5) is 0 Å². The van der Waals surface area contributed by atoms with Crippen LogP contribution >= 0.6 is 23.2 Å². The molecule has 0 fully saturated rings. The SMILES string of the molecule is CCn1nc(C)c(Cl)c1CNCCCOCCCl. The molecule has 0 aliphatic rings. The highest BCUT2D eigenvalue weighted by Gasteiger charge is 2.11. The van der Waals surface area contributed by atoms with Crippen molar-refractivity contribution >= 4 is 23.2 Å². The molecule has 0 spiro atoms. The Bertz CT molecular complexity index is 355. The number of nitrogens with one attached hydrogen (secondary N) is 1. The zero-order valence-electron chi connectivity index (χ0n) is 11.0. The van der Waals surface area contributed by atoms with E-state index in [2.05, 4.69) is 17.3 Å². The monoisotopic (exact) mass is 293 g/mol. The van der Waals surface area contributed by atoms with Crippen LogP contribution in [0.25, 0.3) is 0 Å². The number of rotatable bonds is 9. The Morgan fingerprint density at radius 1 is 1.39 bits per heavy atom. The molecule has 0 aliphatic heterocycles. The third kappa shape index (κ3) is 4.76. The van der Waals surface area contributed by atoms with Gasteiger partial charge < -0.3 is 10.1 Å². The van der Waals surface area contributed by atoms with Crippen LogP contribution in [0.3, 0.4) is 0 Å². The lowest BCUT2D eigenvalue weighted by Gasteiger charge is -2.07. The molecule has 0 aliphatic carbocycles. The van der Waals surface area contributed by atoms with Gasteiger partial charge in [-0.2, -0.15) is 5.10 Å². The number of ether oxygens (including phenoxy) is 1. The summed E-state index contributed by atoms with van der Waals surface area (Å²) < 4.78 is 7.23. The number of alkyl halides is 1. The van der Waals surface area contributed by atoms with Crippen LogP contribution in [-0.2, 0) is 17.8 Å². The predicted molar refractivity (Wildman–Crippen MR) is 75.5 cm³/mol. The molecule has 1 aromatic rings. The Kier molecular flexibility index (Phi) is 7.66. The van der Waals surface area contributed by atoms with Gasteiger partial charge in [-0.1, -0.05) is 11.6 Å². The number of halogens is 2. The summed E-state index contributed by atoms with van der Waals surface area (Å²) in [6, 6.07) is 0. The first-order valence-corrected chi connectivity index (χ1v) is 7.18. The molecule has 0 saturated heterocycles. The van der Waals surface area contributed by atoms with E-state index in [0.29, 0.717) is 12.5 Å². The summed E-state index contributed by atoms with van der Waals surface area (Å²) in [5, 5.41) is 8.49. The molecular weight excluding hydrogens is 273 g/mol. The van der Waals surface area contributed by atoms with Crippen molar-refractivity contribution in [2.75, 3.05) is 25.6 Å². The summed E-state index contributed by atoms with van der Waals surface area (Å²) in [7, 11) is 0. The van der Waals surface area contributed by atoms with Crippen LogP contribution in [0.1, 0.15) is 24.7 Å². The van der Waals surface area contributed by atoms with Gasteiger partial charge in [0.05, 0.1) is 23.0 Å². The van der Waals surface area contributed by atoms with Crippen molar-refractivity contribution in [3.63, 3.8) is 0 Å². The van der Waals surface area contributed by atoms with Crippen molar-refractivity contribution < 1.29 is 4.74 Å². The number of nitrogens with zero attached hydrogens (tertiary/aromatic N) is 2. The molecule has 1 N–H and O–H groups in total. The molecule has 0 unspecified atom stereocenters. The van der Waals surface area contributed by atoms with Crippen molar-refractivity contribution in [2.45, 2.75) is 33.4 Å². The molecule has 0 bridgehead atoms. The van der Waals surface area contributed by atoms with Crippen LogP contribution in [0.5, 0.6) is 0 Å². The van der Waals surface area contributed by atoms with Gasteiger partial charge in [0.15, 0.2) is 0 Å². The van der Waals surface area contributed by atoms with Crippen molar-refractivity contribution in [1.29, 1.82) is 0 Å². The second-order valence-electron chi connectivity index (χ2n) is 3.99. The largest absolute Gasteiger partial charge is 0.380 e. The first kappa shape index (κ1) is 15.8. The van der Waals surface area contributed by atoms with E-state index in [-0.39, 0.29) is 0 Å². The van der Waals surface area contributed by atoms with Gasteiger partial charge in [-0.15, -0.1) is 11.6 Å². The van der Waals surface area contributed by atoms with Gasteiger partial charge in [0.25, 0.3) is 0 Å². The molecule has 1 aromatic heterocycles. The van der Waals surface area contributed by atoms with Gasteiger partial charge in [0.1, 0.15) is 0 Å². The van der Waals surface area contributed by atoms with Crippen molar-refractivity contribution in [3.8, 4) is 0 Å². The highest BCUT2D eigenvalue weighted by Crippen LogP contribution is 2.19. The fourth-order valence-electron chi connectivity index (χ4n) is 1.70. The molecule has 1 rings (SSSR count). The third-order valence-corrected chi connectivity index (χ3v) is 3.25. The summed E-state index contributed by atoms with van der Waals surface area (Å²) in [4.78, 5) is 0. The number of aromatic nitrogens is 2. The standard InChI is InChI=1S/C12H21Cl2N3O/c1-3-17-11(12(14)10(2)16-17)9-15-6-4-7-18-8-5-13/h15H,3-9H2,1-2H3. The van der Waals surface area contributed by atoms with E-state index < -0.39 is 0 Å². The van der Waals surface area contributed by atoms with Crippen molar-refractivity contribution in [1.82, 2.24) is 15.1 Å². The Morgan fingerprint density at radius 2 is 2.17 bits per heavy atom. The van der Waals surface area contributed by atoms with Crippen molar-refractivity contribution in [2.24, 2.45) is 0 Å². The maximum absolute atomic E-state index is 6.21. The first-order chi connectivity index (χ1) is 8.70. The molecule has 0 aromatic carbocycles. The topological polar surface area (TPSA) is 39.1 Å². The fraction of sp³-hybridized carbons (Fsp3) is 0.750. The number of hydrogen-bond acceptors (Lipinski definition) is 3. The minimum absolute atomic E-state index is 0.554. The molecule has 4 nitrogen and oxygen atoms in total. The van der Waals surface area contributed by atoms with Gasteiger partial charge in [-0.05, 0) is 26.8 Å². The van der Waals surface area contributed by atoms with E-state index in [9.17, 15) is 0 Å². The second-order valence-corrected chi connectivity index (χ2v) is 4.75. The Labute approximate surface area is 119 Å². The van der Waals surface area contributed by atoms with Gasteiger partial charge in [-0.3, -0.25) is 4.68 Å². The van der Waals surface area contributed by atoms with Crippen LogP contribution in [0.2, 0.25) is 5.02 Å². The normalized spacial score (nSPS) is 11.1. The van der Waals surface area contributed by atoms with Crippen LogP contribution in [0, 0.1) is 6.92 Å². The van der Waals surface area contributed by atoms with Crippen LogP contribution in [0.15, 0.2) is 0 Å². The average Bonchev–Trinajstić information content (AvgIpc) is 2.65. The molecule has 0 amide bonds. The molecule has 0 saturated carbocycles. The zero-order valence-corrected chi connectivity index (χ0v) is 12.5. The molecule has 0 atom stereocenters. The Hall–Kier alpha value is -0.290. The predicted octanol–water partition coefficient (Wildman–Crippen LogP) is 2.60. The number of hydrogen-bond donors (Lipinski definition) is 1. The smallest absolute Gasteiger partial charge is 0.0860 e. The summed E-state index contributed by atoms with van der Waals surface area (Å²) >= 11 is 11.7. The van der Waals surface area contributed by atoms with Crippen LogP contribution in [-0.4, -0.2) is 35.4 Å². The van der Waals surface area contributed by atoms with E-state index in [0.717, 1.165) is 49.1 Å². The lowest BCUT2D eigenvalue weighted by Crippen LogP contribution is -2.19. The van der Waals surface area contributed by atoms with E-state index in [1.807, 2.05) is 11.6 Å². The second kappa shape index (κ2) is 8.75. The summed E-state index contributed by atoms with van der Waals surface area (Å²) in [5.41, 5.74) is 1.94. The highest BCUT2D eigenvalue weighted by atomic mass is 35.5. The summed E-state index contributed by atoms with van der Waals surface area (Å²) in [6.07, 6.45) is 0.966. The molecule has 6 heteroatoms. The Balaban J connectivity index is 2.26. The van der Waals surface area contributed by atoms with Crippen LogP contribution < -0.4 is 5.32 Å². The summed E-state index contributed by atoms with van der Waals surface area (Å²) in [5.74, 6) is 0.554. The fourth-order valence-corrected chi connectivity index (χ4v) is 2.01. The van der Waals surface area contributed by atoms with E-state index >= 15 is 0 Å². The summed E-state index contributed by atoms with van der Waals surface area (Å²) in [6.45, 7) is 7.82. The van der Waals surface area contributed by atoms with E-state index in [4.69, 9.17) is 27.9 Å². The van der Waals surface area contributed by atoms with Gasteiger partial charge in [-0.25, -0.2) is 0 Å². The average molecular weight is 294 g/mol. The molecule has 104 valence electrons. The lowest BCUT2D eigenvalue weighted by atomic mass is 10.3. The molecular formula is C12H21Cl2N3O. The molecule has 1 heterocycles. The quantitative estimate of drug-likeness (QED) is 0.562. The van der Waals surface area contributed by atoms with Crippen molar-refractivity contribution in [3.05, 3.63) is 16.4 Å². The lowest BCUT2D eigenvalue weighted by molar-refractivity contribution is 0.146. The zero-order chi connectivity index (χ0) is 13.4. The van der Waals surface area contributed by atoms with Gasteiger partial charge in [0, 0.05) is 25.6 Å². The first-order valence-electron chi connectivity index (χ1n) is 6.26. The van der Waals surface area contributed by atoms with Gasteiger partial charge >= 0.3 is 0 Å². The minimum atomic E-state index is 0.554. The molecule has 0 radical (unpaired) electrons. The minimum Gasteiger partial charge on any atom is -0.380 e. The third-order valence-electron chi connectivity index (χ3n) is 2.61. The maximum atomic E-state index is 6.21. The Morgan fingerprint density at radius 3 is 2.83 bits per heavy atom. The van der Waals surface area contributed by atoms with E-state index in [1.54, 1.807) is 0 Å². The van der Waals surface area contributed by atoms with Gasteiger partial charge in [0.2, 0.25) is 0 Å². The molecule has 18 heavy (non-hydrogen) atoms.